The fourth-order valence-corrected chi connectivity index (χ4v) is 4.60. The van der Waals surface area contributed by atoms with Gasteiger partial charge < -0.3 is 9.26 Å². The van der Waals surface area contributed by atoms with Gasteiger partial charge in [-0.05, 0) is 32.4 Å². The van der Waals surface area contributed by atoms with Crippen molar-refractivity contribution < 1.29 is 22.9 Å². The van der Waals surface area contributed by atoms with Crippen LogP contribution in [0, 0.1) is 20.8 Å². The molecular weight excluding hydrogens is 399 g/mol. The highest BCUT2D eigenvalue weighted by molar-refractivity contribution is 7.49. The number of aromatic nitrogens is 2. The number of hydrogen-bond acceptors (Lipinski definition) is 7. The van der Waals surface area contributed by atoms with E-state index in [1.54, 1.807) is 19.1 Å². The molecule has 9 nitrogen and oxygen atoms in total. The van der Waals surface area contributed by atoms with E-state index in [0.29, 0.717) is 11.3 Å². The molecule has 3 atom stereocenters. The molecule has 2 unspecified atom stereocenters. The second kappa shape index (κ2) is 7.42. The third-order valence-electron chi connectivity index (χ3n) is 4.70. The van der Waals surface area contributed by atoms with Crippen LogP contribution in [0.1, 0.15) is 28.5 Å². The van der Waals surface area contributed by atoms with E-state index in [2.05, 4.69) is 4.98 Å². The van der Waals surface area contributed by atoms with E-state index >= 15 is 0 Å². The van der Waals surface area contributed by atoms with Gasteiger partial charge in [0.15, 0.2) is 6.23 Å². The zero-order valence-electron chi connectivity index (χ0n) is 16.2. The molecule has 4 rings (SSSR count). The lowest BCUT2D eigenvalue weighted by Gasteiger charge is -2.27. The predicted octanol–water partition coefficient (Wildman–Crippen LogP) is 2.65. The Morgan fingerprint density at radius 2 is 2.00 bits per heavy atom. The van der Waals surface area contributed by atoms with Crippen LogP contribution in [0.4, 0.5) is 0 Å². The Bertz CT molecular complexity index is 1150. The van der Waals surface area contributed by atoms with Crippen molar-refractivity contribution in [3.8, 4) is 5.75 Å². The number of hydrogen-bond donors (Lipinski definition) is 1. The van der Waals surface area contributed by atoms with Crippen LogP contribution in [-0.4, -0.2) is 22.3 Å². The standard InChI is InChI=1S/C19H21N2O7P/c1-11-6-12(2)17-14(7-11)9-25-29(24,28-17)26-10-15-4-5-16(27-15)21-8-13(3)18(22)20-19(21)23/h4-8,15-16H,9-10H2,1-3H3,(H,20,22,23)/t15?,16?,29-/m1/s1. The van der Waals surface area contributed by atoms with Gasteiger partial charge in [-0.25, -0.2) is 9.36 Å². The molecule has 29 heavy (non-hydrogen) atoms. The molecule has 2 aliphatic heterocycles. The summed E-state index contributed by atoms with van der Waals surface area (Å²) in [6.07, 6.45) is 3.52. The Hall–Kier alpha value is -2.45. The summed E-state index contributed by atoms with van der Waals surface area (Å²) in [5.41, 5.74) is 2.11. The maximum absolute atomic E-state index is 12.8. The minimum Gasteiger partial charge on any atom is -0.403 e. The molecule has 2 aromatic rings. The Labute approximate surface area is 166 Å². The fourth-order valence-electron chi connectivity index (χ4n) is 3.31. The lowest BCUT2D eigenvalue weighted by Crippen LogP contribution is -2.33. The van der Waals surface area contributed by atoms with Crippen molar-refractivity contribution >= 4 is 7.82 Å². The lowest BCUT2D eigenvalue weighted by atomic mass is 10.1. The van der Waals surface area contributed by atoms with E-state index in [0.717, 1.165) is 16.7 Å². The molecule has 0 fully saturated rings. The first kappa shape index (κ1) is 19.8. The second-order valence-electron chi connectivity index (χ2n) is 7.11. The van der Waals surface area contributed by atoms with Crippen LogP contribution in [0.3, 0.4) is 0 Å². The predicted molar refractivity (Wildman–Crippen MR) is 104 cm³/mol. The van der Waals surface area contributed by atoms with Crippen molar-refractivity contribution in [3.63, 3.8) is 0 Å². The van der Waals surface area contributed by atoms with Gasteiger partial charge in [0.2, 0.25) is 0 Å². The fraction of sp³-hybridized carbons (Fsp3) is 0.368. The molecule has 0 saturated carbocycles. The van der Waals surface area contributed by atoms with Crippen molar-refractivity contribution in [2.45, 2.75) is 39.7 Å². The molecule has 1 aromatic carbocycles. The summed E-state index contributed by atoms with van der Waals surface area (Å²) < 4.78 is 36.2. The first-order valence-corrected chi connectivity index (χ1v) is 10.5. The van der Waals surface area contributed by atoms with Gasteiger partial charge in [0.05, 0.1) is 13.2 Å². The minimum absolute atomic E-state index is 0.0817. The number of phosphoric ester groups is 1. The first-order chi connectivity index (χ1) is 13.7. The molecule has 0 amide bonds. The third kappa shape index (κ3) is 4.00. The van der Waals surface area contributed by atoms with Gasteiger partial charge in [-0.1, -0.05) is 23.8 Å². The molecule has 2 aliphatic rings. The quantitative estimate of drug-likeness (QED) is 0.598. The molecule has 0 saturated heterocycles. The number of aryl methyl sites for hydroxylation is 3. The van der Waals surface area contributed by atoms with Gasteiger partial charge in [-0.3, -0.25) is 23.4 Å². The summed E-state index contributed by atoms with van der Waals surface area (Å²) >= 11 is 0. The van der Waals surface area contributed by atoms with E-state index in [1.165, 1.54) is 10.8 Å². The van der Waals surface area contributed by atoms with Crippen LogP contribution in [0.2, 0.25) is 0 Å². The van der Waals surface area contributed by atoms with Gasteiger partial charge in [0.25, 0.3) is 5.56 Å². The first-order valence-electron chi connectivity index (χ1n) is 9.09. The van der Waals surface area contributed by atoms with Crippen LogP contribution in [0.15, 0.2) is 40.1 Å². The largest absolute Gasteiger partial charge is 0.530 e. The number of aromatic amines is 1. The van der Waals surface area contributed by atoms with Gasteiger partial charge in [-0.2, -0.15) is 0 Å². The number of fused-ring (bicyclic) bond motifs is 1. The number of nitrogens with one attached hydrogen (secondary N) is 1. The summed E-state index contributed by atoms with van der Waals surface area (Å²) in [5.74, 6) is 0.515. The number of nitrogens with zero attached hydrogens (tertiary/aromatic N) is 1. The molecule has 1 aromatic heterocycles. The molecule has 0 spiro atoms. The Morgan fingerprint density at radius 1 is 1.21 bits per heavy atom. The summed E-state index contributed by atoms with van der Waals surface area (Å²) in [6.45, 7) is 5.48. The number of benzene rings is 1. The summed E-state index contributed by atoms with van der Waals surface area (Å²) in [5, 5.41) is 0. The van der Waals surface area contributed by atoms with Crippen LogP contribution in [0.5, 0.6) is 5.75 Å². The summed E-state index contributed by atoms with van der Waals surface area (Å²) in [7, 11) is -3.79. The molecule has 154 valence electrons. The zero-order valence-corrected chi connectivity index (χ0v) is 17.1. The van der Waals surface area contributed by atoms with Crippen LogP contribution in [0.25, 0.3) is 0 Å². The average Bonchev–Trinajstić information content (AvgIpc) is 3.13. The number of phosphoric acid groups is 1. The van der Waals surface area contributed by atoms with Crippen molar-refractivity contribution in [1.82, 2.24) is 9.55 Å². The maximum Gasteiger partial charge on any atom is 0.530 e. The lowest BCUT2D eigenvalue weighted by molar-refractivity contribution is -0.0130. The van der Waals surface area contributed by atoms with E-state index < -0.39 is 31.4 Å². The Kier molecular flexibility index (Phi) is 5.08. The summed E-state index contributed by atoms with van der Waals surface area (Å²) in [4.78, 5) is 25.7. The normalized spacial score (nSPS) is 25.6. The molecule has 3 heterocycles. The Morgan fingerprint density at radius 3 is 2.79 bits per heavy atom. The molecule has 0 bridgehead atoms. The monoisotopic (exact) mass is 420 g/mol. The minimum atomic E-state index is -3.79. The summed E-state index contributed by atoms with van der Waals surface area (Å²) in [6, 6.07) is 3.86. The highest BCUT2D eigenvalue weighted by Gasteiger charge is 2.36. The smallest absolute Gasteiger partial charge is 0.403 e. The van der Waals surface area contributed by atoms with Gasteiger partial charge >= 0.3 is 13.5 Å². The van der Waals surface area contributed by atoms with Crippen LogP contribution in [-0.2, 0) is 25.0 Å². The average molecular weight is 420 g/mol. The Balaban J connectivity index is 1.41. The second-order valence-corrected chi connectivity index (χ2v) is 8.70. The van der Waals surface area contributed by atoms with Crippen molar-refractivity contribution in [2.75, 3.05) is 6.61 Å². The van der Waals surface area contributed by atoms with E-state index in [1.807, 2.05) is 26.0 Å². The van der Waals surface area contributed by atoms with Crippen molar-refractivity contribution in [3.05, 3.63) is 73.6 Å². The van der Waals surface area contributed by atoms with E-state index in [-0.39, 0.29) is 13.2 Å². The van der Waals surface area contributed by atoms with Gasteiger partial charge in [-0.15, -0.1) is 0 Å². The van der Waals surface area contributed by atoms with Crippen molar-refractivity contribution in [2.24, 2.45) is 0 Å². The highest BCUT2D eigenvalue weighted by atomic mass is 31.2. The molecule has 10 heteroatoms. The van der Waals surface area contributed by atoms with Gasteiger partial charge in [0, 0.05) is 17.3 Å². The topological polar surface area (TPSA) is 109 Å². The number of H-pyrrole nitrogens is 1. The van der Waals surface area contributed by atoms with Crippen molar-refractivity contribution in [1.29, 1.82) is 0 Å². The number of rotatable bonds is 4. The third-order valence-corrected chi connectivity index (χ3v) is 6.02. The van der Waals surface area contributed by atoms with Gasteiger partial charge in [0.1, 0.15) is 11.9 Å². The molecule has 0 aliphatic carbocycles. The molecular formula is C19H21N2O7P. The highest BCUT2D eigenvalue weighted by Crippen LogP contribution is 2.55. The van der Waals surface area contributed by atoms with Crippen LogP contribution < -0.4 is 15.8 Å². The van der Waals surface area contributed by atoms with Crippen LogP contribution >= 0.6 is 7.82 Å². The van der Waals surface area contributed by atoms with E-state index in [4.69, 9.17) is 18.3 Å². The zero-order chi connectivity index (χ0) is 20.8. The number of ether oxygens (including phenoxy) is 1. The maximum atomic E-state index is 12.8. The SMILES string of the molecule is Cc1cc(C)c2c(c1)CO[P@](=O)(OCC1C=CC(n3cc(C)c(=O)[nH]c3=O)O1)O2. The molecule has 1 N–H and O–H groups in total. The molecule has 0 radical (unpaired) electrons. The van der Waals surface area contributed by atoms with E-state index in [9.17, 15) is 14.2 Å².